The standard InChI is InChI=1S/C15H18BrN3O/c1-10-13(6-3-7-14(10)16)15(20)17-8-4-5-12-9-18-19-11(12)2/h3,6-7,9H,4-5,8H2,1-2H3,(H,17,20)(H,18,19). The van der Waals surface area contributed by atoms with E-state index in [1.807, 2.05) is 38.2 Å². The number of halogens is 1. The minimum absolute atomic E-state index is 0.0206. The third kappa shape index (κ3) is 3.48. The zero-order chi connectivity index (χ0) is 14.5. The van der Waals surface area contributed by atoms with Crippen LogP contribution in [0.2, 0.25) is 0 Å². The molecule has 0 spiro atoms. The third-order valence-electron chi connectivity index (χ3n) is 3.36. The minimum atomic E-state index is -0.0206. The largest absolute Gasteiger partial charge is 0.352 e. The molecular weight excluding hydrogens is 318 g/mol. The second-order valence-corrected chi connectivity index (χ2v) is 5.65. The van der Waals surface area contributed by atoms with Crippen LogP contribution in [0.5, 0.6) is 0 Å². The van der Waals surface area contributed by atoms with Crippen molar-refractivity contribution < 1.29 is 4.79 Å². The molecule has 0 unspecified atom stereocenters. The highest BCUT2D eigenvalue weighted by atomic mass is 79.9. The number of nitrogens with one attached hydrogen (secondary N) is 2. The Morgan fingerprint density at radius 2 is 2.20 bits per heavy atom. The van der Waals surface area contributed by atoms with E-state index in [-0.39, 0.29) is 5.91 Å². The first-order valence-electron chi connectivity index (χ1n) is 6.61. The van der Waals surface area contributed by atoms with E-state index >= 15 is 0 Å². The number of H-pyrrole nitrogens is 1. The number of amides is 1. The number of carbonyl (C=O) groups is 1. The number of hydrogen-bond donors (Lipinski definition) is 2. The number of aromatic nitrogens is 2. The van der Waals surface area contributed by atoms with Crippen LogP contribution in [0, 0.1) is 13.8 Å². The monoisotopic (exact) mass is 335 g/mol. The van der Waals surface area contributed by atoms with E-state index < -0.39 is 0 Å². The van der Waals surface area contributed by atoms with Gasteiger partial charge in [0, 0.05) is 22.3 Å². The second-order valence-electron chi connectivity index (χ2n) is 4.79. The fourth-order valence-corrected chi connectivity index (χ4v) is 2.42. The SMILES string of the molecule is Cc1[nH]ncc1CCCNC(=O)c1cccc(Br)c1C. The van der Waals surface area contributed by atoms with Crippen LogP contribution in [-0.4, -0.2) is 22.6 Å². The van der Waals surface area contributed by atoms with Crippen molar-refractivity contribution in [3.8, 4) is 0 Å². The van der Waals surface area contributed by atoms with Crippen LogP contribution in [0.3, 0.4) is 0 Å². The Bertz CT molecular complexity index is 607. The summed E-state index contributed by atoms with van der Waals surface area (Å²) < 4.78 is 0.958. The topological polar surface area (TPSA) is 57.8 Å². The first-order valence-corrected chi connectivity index (χ1v) is 7.41. The Kier molecular flexibility index (Phi) is 4.95. The molecule has 2 aromatic rings. The van der Waals surface area contributed by atoms with Gasteiger partial charge in [-0.2, -0.15) is 5.10 Å². The summed E-state index contributed by atoms with van der Waals surface area (Å²) in [5.41, 5.74) is 3.99. The maximum atomic E-state index is 12.1. The summed E-state index contributed by atoms with van der Waals surface area (Å²) in [5.74, 6) is -0.0206. The summed E-state index contributed by atoms with van der Waals surface area (Å²) in [6.45, 7) is 4.61. The van der Waals surface area contributed by atoms with E-state index in [1.54, 1.807) is 0 Å². The first kappa shape index (κ1) is 14.8. The minimum Gasteiger partial charge on any atom is -0.352 e. The normalized spacial score (nSPS) is 10.6. The molecule has 0 fully saturated rings. The molecular formula is C15H18BrN3O. The van der Waals surface area contributed by atoms with Crippen LogP contribution in [0.1, 0.15) is 33.6 Å². The first-order chi connectivity index (χ1) is 9.59. The number of benzene rings is 1. The molecule has 1 heterocycles. The predicted octanol–water partition coefficient (Wildman–Crippen LogP) is 3.15. The van der Waals surface area contributed by atoms with Crippen molar-refractivity contribution in [1.29, 1.82) is 0 Å². The average Bonchev–Trinajstić information content (AvgIpc) is 2.83. The zero-order valence-electron chi connectivity index (χ0n) is 11.7. The summed E-state index contributed by atoms with van der Waals surface area (Å²) in [7, 11) is 0. The van der Waals surface area contributed by atoms with Crippen LogP contribution in [-0.2, 0) is 6.42 Å². The van der Waals surface area contributed by atoms with E-state index in [0.29, 0.717) is 6.54 Å². The van der Waals surface area contributed by atoms with E-state index in [0.717, 1.165) is 34.1 Å². The lowest BCUT2D eigenvalue weighted by Crippen LogP contribution is -2.25. The van der Waals surface area contributed by atoms with Crippen molar-refractivity contribution in [2.45, 2.75) is 26.7 Å². The van der Waals surface area contributed by atoms with Crippen molar-refractivity contribution in [3.05, 3.63) is 51.3 Å². The summed E-state index contributed by atoms with van der Waals surface area (Å²) in [4.78, 5) is 12.1. The number of rotatable bonds is 5. The molecule has 1 aromatic heterocycles. The van der Waals surface area contributed by atoms with Gasteiger partial charge in [0.15, 0.2) is 0 Å². The van der Waals surface area contributed by atoms with Crippen LogP contribution in [0.25, 0.3) is 0 Å². The van der Waals surface area contributed by atoms with Gasteiger partial charge in [-0.25, -0.2) is 0 Å². The summed E-state index contributed by atoms with van der Waals surface area (Å²) in [6, 6.07) is 5.66. The van der Waals surface area contributed by atoms with Gasteiger partial charge in [0.2, 0.25) is 0 Å². The van der Waals surface area contributed by atoms with Crippen molar-refractivity contribution in [2.24, 2.45) is 0 Å². The highest BCUT2D eigenvalue weighted by Crippen LogP contribution is 2.19. The van der Waals surface area contributed by atoms with Crippen molar-refractivity contribution in [3.63, 3.8) is 0 Å². The van der Waals surface area contributed by atoms with E-state index in [1.165, 1.54) is 5.56 Å². The van der Waals surface area contributed by atoms with Gasteiger partial charge in [0.1, 0.15) is 0 Å². The lowest BCUT2D eigenvalue weighted by Gasteiger charge is -2.08. The Morgan fingerprint density at radius 3 is 2.90 bits per heavy atom. The number of aromatic amines is 1. The van der Waals surface area contributed by atoms with Gasteiger partial charge in [-0.1, -0.05) is 22.0 Å². The highest BCUT2D eigenvalue weighted by molar-refractivity contribution is 9.10. The Morgan fingerprint density at radius 1 is 1.40 bits per heavy atom. The van der Waals surface area contributed by atoms with Crippen LogP contribution in [0.4, 0.5) is 0 Å². The van der Waals surface area contributed by atoms with E-state index in [4.69, 9.17) is 0 Å². The lowest BCUT2D eigenvalue weighted by molar-refractivity contribution is 0.0952. The molecule has 2 rings (SSSR count). The van der Waals surface area contributed by atoms with Gasteiger partial charge in [0.05, 0.1) is 6.20 Å². The molecule has 0 atom stereocenters. The molecule has 1 aromatic carbocycles. The predicted molar refractivity (Wildman–Crippen MR) is 82.9 cm³/mol. The molecule has 0 bridgehead atoms. The number of hydrogen-bond acceptors (Lipinski definition) is 2. The van der Waals surface area contributed by atoms with E-state index in [9.17, 15) is 4.79 Å². The third-order valence-corrected chi connectivity index (χ3v) is 4.21. The van der Waals surface area contributed by atoms with Gasteiger partial charge in [0.25, 0.3) is 5.91 Å². The fourth-order valence-electron chi connectivity index (χ4n) is 2.06. The molecule has 0 saturated carbocycles. The quantitative estimate of drug-likeness (QED) is 0.824. The molecule has 2 N–H and O–H groups in total. The van der Waals surface area contributed by atoms with Gasteiger partial charge in [-0.15, -0.1) is 0 Å². The van der Waals surface area contributed by atoms with Gasteiger partial charge in [-0.3, -0.25) is 9.89 Å². The summed E-state index contributed by atoms with van der Waals surface area (Å²) in [6.07, 6.45) is 3.66. The number of carbonyl (C=O) groups excluding carboxylic acids is 1. The molecule has 1 amide bonds. The maximum absolute atomic E-state index is 12.1. The highest BCUT2D eigenvalue weighted by Gasteiger charge is 2.10. The molecule has 0 aliphatic rings. The van der Waals surface area contributed by atoms with Crippen molar-refractivity contribution >= 4 is 21.8 Å². The lowest BCUT2D eigenvalue weighted by atomic mass is 10.1. The van der Waals surface area contributed by atoms with Crippen LogP contribution >= 0.6 is 15.9 Å². The zero-order valence-corrected chi connectivity index (χ0v) is 13.3. The van der Waals surface area contributed by atoms with Crippen LogP contribution in [0.15, 0.2) is 28.9 Å². The Balaban J connectivity index is 1.84. The van der Waals surface area contributed by atoms with Gasteiger partial charge in [-0.05, 0) is 49.9 Å². The molecule has 0 aliphatic heterocycles. The molecule has 106 valence electrons. The Hall–Kier alpha value is -1.62. The van der Waals surface area contributed by atoms with Gasteiger partial charge < -0.3 is 5.32 Å². The van der Waals surface area contributed by atoms with Crippen molar-refractivity contribution in [2.75, 3.05) is 6.54 Å². The average molecular weight is 336 g/mol. The smallest absolute Gasteiger partial charge is 0.251 e. The molecule has 20 heavy (non-hydrogen) atoms. The summed E-state index contributed by atoms with van der Waals surface area (Å²) in [5, 5.41) is 9.86. The molecule has 0 radical (unpaired) electrons. The molecule has 5 heteroatoms. The maximum Gasteiger partial charge on any atom is 0.251 e. The van der Waals surface area contributed by atoms with Crippen LogP contribution < -0.4 is 5.32 Å². The number of aryl methyl sites for hydroxylation is 2. The van der Waals surface area contributed by atoms with Crippen molar-refractivity contribution in [1.82, 2.24) is 15.5 Å². The number of nitrogens with zero attached hydrogens (tertiary/aromatic N) is 1. The molecule has 0 saturated heterocycles. The van der Waals surface area contributed by atoms with Gasteiger partial charge >= 0.3 is 0 Å². The summed E-state index contributed by atoms with van der Waals surface area (Å²) >= 11 is 3.44. The molecule has 0 aliphatic carbocycles. The van der Waals surface area contributed by atoms with E-state index in [2.05, 4.69) is 31.4 Å². The molecule has 4 nitrogen and oxygen atoms in total. The Labute approximate surface area is 127 Å². The second kappa shape index (κ2) is 6.70. The fraction of sp³-hybridized carbons (Fsp3) is 0.333.